The monoisotopic (exact) mass is 360 g/mol. The molecule has 2 heteroatoms. The van der Waals surface area contributed by atoms with E-state index in [0.29, 0.717) is 23.8 Å². The summed E-state index contributed by atoms with van der Waals surface area (Å²) in [6.07, 6.45) is 13.9. The molecule has 3 fully saturated rings. The van der Waals surface area contributed by atoms with Crippen LogP contribution < -0.4 is 0 Å². The van der Waals surface area contributed by atoms with Gasteiger partial charge in [0.25, 0.3) is 0 Å². The molecular weight excluding hydrogens is 320 g/mol. The molecule has 2 nitrogen and oxygen atoms in total. The van der Waals surface area contributed by atoms with E-state index in [4.69, 9.17) is 0 Å². The molecule has 3 rings (SSSR count). The van der Waals surface area contributed by atoms with Crippen LogP contribution in [0.1, 0.15) is 85.5 Å². The topological polar surface area (TPSA) is 40.5 Å². The van der Waals surface area contributed by atoms with Crippen LogP contribution in [-0.4, -0.2) is 22.4 Å². The van der Waals surface area contributed by atoms with E-state index in [1.54, 1.807) is 5.57 Å². The third kappa shape index (κ3) is 4.34. The molecule has 0 aliphatic heterocycles. The number of aliphatic hydroxyl groups excluding tert-OH is 2. The summed E-state index contributed by atoms with van der Waals surface area (Å²) in [4.78, 5) is 0. The van der Waals surface area contributed by atoms with Gasteiger partial charge in [-0.15, -0.1) is 0 Å². The van der Waals surface area contributed by atoms with Gasteiger partial charge in [-0.1, -0.05) is 70.4 Å². The summed E-state index contributed by atoms with van der Waals surface area (Å²) >= 11 is 0. The number of fused-ring (bicyclic) bond motifs is 1. The van der Waals surface area contributed by atoms with Crippen molar-refractivity contribution in [2.45, 2.75) is 97.7 Å². The largest absolute Gasteiger partial charge is 0.388 e. The predicted molar refractivity (Wildman–Crippen MR) is 111 cm³/mol. The third-order valence-corrected chi connectivity index (χ3v) is 7.10. The van der Waals surface area contributed by atoms with E-state index in [1.807, 2.05) is 13.8 Å². The van der Waals surface area contributed by atoms with Crippen LogP contribution in [0, 0.1) is 17.3 Å². The van der Waals surface area contributed by atoms with Crippen LogP contribution in [0.15, 0.2) is 35.5 Å². The van der Waals surface area contributed by atoms with Gasteiger partial charge in [0.2, 0.25) is 0 Å². The Kier molecular flexibility index (Phi) is 7.73. The fraction of sp³-hybridized carbons (Fsp3) is 0.750. The van der Waals surface area contributed by atoms with Crippen molar-refractivity contribution < 1.29 is 10.2 Å². The summed E-state index contributed by atoms with van der Waals surface area (Å²) in [6, 6.07) is 0. The lowest BCUT2D eigenvalue weighted by Crippen LogP contribution is -2.33. The zero-order chi connectivity index (χ0) is 19.3. The van der Waals surface area contributed by atoms with Crippen LogP contribution in [0.2, 0.25) is 0 Å². The van der Waals surface area contributed by atoms with Crippen molar-refractivity contribution >= 4 is 0 Å². The van der Waals surface area contributed by atoms with Crippen LogP contribution in [-0.2, 0) is 0 Å². The smallest absolute Gasteiger partial charge is 0.0809 e. The molecule has 0 spiro atoms. The first-order valence-corrected chi connectivity index (χ1v) is 10.9. The number of rotatable bonds is 3. The van der Waals surface area contributed by atoms with Crippen molar-refractivity contribution in [3.63, 3.8) is 0 Å². The van der Waals surface area contributed by atoms with Gasteiger partial charge >= 0.3 is 0 Å². The van der Waals surface area contributed by atoms with Gasteiger partial charge in [-0.3, -0.25) is 0 Å². The molecule has 0 heterocycles. The van der Waals surface area contributed by atoms with Crippen LogP contribution in [0.3, 0.4) is 0 Å². The number of hydrogen-bond donors (Lipinski definition) is 2. The molecule has 0 unspecified atom stereocenters. The second-order valence-electron chi connectivity index (χ2n) is 8.56. The van der Waals surface area contributed by atoms with E-state index < -0.39 is 12.2 Å². The van der Waals surface area contributed by atoms with Crippen molar-refractivity contribution in [1.82, 2.24) is 0 Å². The van der Waals surface area contributed by atoms with Gasteiger partial charge < -0.3 is 10.2 Å². The van der Waals surface area contributed by atoms with Gasteiger partial charge in [0.05, 0.1) is 12.2 Å². The minimum Gasteiger partial charge on any atom is -0.388 e. The summed E-state index contributed by atoms with van der Waals surface area (Å²) in [5, 5.41) is 20.0. The maximum absolute atomic E-state index is 10.0. The molecule has 0 saturated heterocycles. The van der Waals surface area contributed by atoms with Crippen molar-refractivity contribution in [1.29, 1.82) is 0 Å². The van der Waals surface area contributed by atoms with Gasteiger partial charge in [-0.25, -0.2) is 0 Å². The van der Waals surface area contributed by atoms with Crippen LogP contribution in [0.4, 0.5) is 0 Å². The normalized spacial score (nSPS) is 38.6. The SMILES string of the molecule is C=C1[C@H](O)CC(=C/C=C2\CCC[C@]3(C)[C@@H](CCC)CC[C@@H]23)C[C@H]1O.CC. The lowest BCUT2D eigenvalue weighted by atomic mass is 9.63. The quantitative estimate of drug-likeness (QED) is 0.610. The van der Waals surface area contributed by atoms with Crippen molar-refractivity contribution in [2.75, 3.05) is 0 Å². The Morgan fingerprint density at radius 2 is 1.77 bits per heavy atom. The summed E-state index contributed by atoms with van der Waals surface area (Å²) in [7, 11) is 0. The van der Waals surface area contributed by atoms with E-state index >= 15 is 0 Å². The Balaban J connectivity index is 0.00000117. The number of aliphatic hydroxyl groups is 2. The fourth-order valence-electron chi connectivity index (χ4n) is 5.59. The van der Waals surface area contributed by atoms with E-state index in [-0.39, 0.29) is 0 Å². The first-order valence-electron chi connectivity index (χ1n) is 10.9. The number of allylic oxidation sites excluding steroid dienone is 3. The first-order chi connectivity index (χ1) is 12.5. The van der Waals surface area contributed by atoms with Crippen LogP contribution >= 0.6 is 0 Å². The highest BCUT2D eigenvalue weighted by Crippen LogP contribution is 2.58. The van der Waals surface area contributed by atoms with Gasteiger partial charge in [0.15, 0.2) is 0 Å². The highest BCUT2D eigenvalue weighted by atomic mass is 16.3. The Morgan fingerprint density at radius 3 is 2.38 bits per heavy atom. The second kappa shape index (κ2) is 9.37. The van der Waals surface area contributed by atoms with Crippen molar-refractivity contribution in [3.8, 4) is 0 Å². The minimum absolute atomic E-state index is 0.498. The highest BCUT2D eigenvalue weighted by molar-refractivity contribution is 5.29. The maximum atomic E-state index is 10.0. The summed E-state index contributed by atoms with van der Waals surface area (Å²) in [5.74, 6) is 1.64. The molecule has 0 aromatic heterocycles. The Labute approximate surface area is 161 Å². The lowest BCUT2D eigenvalue weighted by molar-refractivity contribution is 0.123. The van der Waals surface area contributed by atoms with Crippen LogP contribution in [0.25, 0.3) is 0 Å². The average molecular weight is 361 g/mol. The van der Waals surface area contributed by atoms with Gasteiger partial charge in [-0.2, -0.15) is 0 Å². The van der Waals surface area contributed by atoms with Gasteiger partial charge in [-0.05, 0) is 67.8 Å². The summed E-state index contributed by atoms with van der Waals surface area (Å²) in [6.45, 7) is 12.6. The third-order valence-electron chi connectivity index (χ3n) is 7.10. The molecule has 3 aliphatic rings. The average Bonchev–Trinajstić information content (AvgIpc) is 2.97. The lowest BCUT2D eigenvalue weighted by Gasteiger charge is -2.42. The summed E-state index contributed by atoms with van der Waals surface area (Å²) in [5.41, 5.74) is 3.84. The molecule has 0 amide bonds. The zero-order valence-corrected chi connectivity index (χ0v) is 17.4. The fourth-order valence-corrected chi connectivity index (χ4v) is 5.59. The molecule has 0 radical (unpaired) electrons. The maximum Gasteiger partial charge on any atom is 0.0809 e. The predicted octanol–water partition coefficient (Wildman–Crippen LogP) is 5.95. The molecule has 3 aliphatic carbocycles. The Hall–Kier alpha value is -0.860. The molecule has 0 bridgehead atoms. The van der Waals surface area contributed by atoms with Crippen molar-refractivity contribution in [2.24, 2.45) is 17.3 Å². The van der Waals surface area contributed by atoms with E-state index in [0.717, 1.165) is 17.4 Å². The molecule has 0 aromatic rings. The molecule has 5 atom stereocenters. The molecule has 2 N–H and O–H groups in total. The van der Waals surface area contributed by atoms with E-state index in [1.165, 1.54) is 44.9 Å². The van der Waals surface area contributed by atoms with Crippen molar-refractivity contribution in [3.05, 3.63) is 35.5 Å². The van der Waals surface area contributed by atoms with E-state index in [2.05, 4.69) is 32.6 Å². The second-order valence-corrected chi connectivity index (χ2v) is 8.56. The standard InChI is InChI=1S/C22H34O2.C2H6/c1-4-6-18-10-11-19-17(7-5-12-22(18,19)3)9-8-16-13-20(23)15(2)21(24)14-16;1-2/h8-9,18-21,23-24H,2,4-7,10-14H2,1,3H3;1-2H3/b17-9+;/t18-,19-,20+,21+,22+;/m0./s1. The number of hydrogen-bond acceptors (Lipinski definition) is 2. The van der Waals surface area contributed by atoms with Gasteiger partial charge in [0.1, 0.15) is 0 Å². The Bertz CT molecular complexity index is 528. The minimum atomic E-state index is -0.588. The van der Waals surface area contributed by atoms with Crippen LogP contribution in [0.5, 0.6) is 0 Å². The van der Waals surface area contributed by atoms with Gasteiger partial charge in [0, 0.05) is 0 Å². The highest BCUT2D eigenvalue weighted by Gasteiger charge is 2.48. The molecule has 3 saturated carbocycles. The van der Waals surface area contributed by atoms with E-state index in [9.17, 15) is 10.2 Å². The molecule has 0 aromatic carbocycles. The molecule has 148 valence electrons. The first kappa shape index (κ1) is 21.4. The summed E-state index contributed by atoms with van der Waals surface area (Å²) < 4.78 is 0. The molecule has 26 heavy (non-hydrogen) atoms. The zero-order valence-electron chi connectivity index (χ0n) is 17.4. The Morgan fingerprint density at radius 1 is 1.12 bits per heavy atom. The molecular formula is C24H40O2.